The van der Waals surface area contributed by atoms with Crippen LogP contribution in [0.2, 0.25) is 0 Å². The first-order chi connectivity index (χ1) is 8.65. The zero-order chi connectivity index (χ0) is 13.0. The molecule has 3 nitrogen and oxygen atoms in total. The summed E-state index contributed by atoms with van der Waals surface area (Å²) < 4.78 is 1.84. The quantitative estimate of drug-likeness (QED) is 0.875. The molecule has 1 N–H and O–H groups in total. The van der Waals surface area contributed by atoms with Gasteiger partial charge in [0.2, 0.25) is 0 Å². The first kappa shape index (κ1) is 12.8. The summed E-state index contributed by atoms with van der Waals surface area (Å²) in [7, 11) is 1.95. The normalized spacial score (nSPS) is 14.4. The van der Waals surface area contributed by atoms with Crippen molar-refractivity contribution < 1.29 is 0 Å². The zero-order valence-electron chi connectivity index (χ0n) is 11.3. The van der Waals surface area contributed by atoms with E-state index in [2.05, 4.69) is 60.8 Å². The Balaban J connectivity index is 1.89. The second-order valence-electron chi connectivity index (χ2n) is 4.93. The van der Waals surface area contributed by atoms with Gasteiger partial charge in [-0.25, -0.2) is 0 Å². The van der Waals surface area contributed by atoms with Crippen LogP contribution in [-0.2, 0) is 13.5 Å². The van der Waals surface area contributed by atoms with Crippen molar-refractivity contribution in [3.8, 4) is 0 Å². The van der Waals surface area contributed by atoms with Crippen molar-refractivity contribution in [3.05, 3.63) is 53.9 Å². The van der Waals surface area contributed by atoms with E-state index in [0.717, 1.165) is 6.42 Å². The lowest BCUT2D eigenvalue weighted by Gasteiger charge is -2.19. The molecule has 2 unspecified atom stereocenters. The van der Waals surface area contributed by atoms with Crippen LogP contribution in [0.1, 0.15) is 31.0 Å². The molecule has 96 valence electrons. The molecule has 1 aromatic carbocycles. The molecule has 0 saturated carbocycles. The predicted octanol–water partition coefficient (Wildman–Crippen LogP) is 2.70. The Kier molecular flexibility index (Phi) is 4.15. The Morgan fingerprint density at radius 2 is 1.94 bits per heavy atom. The highest BCUT2D eigenvalue weighted by Crippen LogP contribution is 2.12. The van der Waals surface area contributed by atoms with Crippen LogP contribution in [-0.4, -0.2) is 15.8 Å². The summed E-state index contributed by atoms with van der Waals surface area (Å²) in [6.45, 7) is 4.40. The molecule has 0 radical (unpaired) electrons. The highest BCUT2D eigenvalue weighted by molar-refractivity contribution is 5.16. The van der Waals surface area contributed by atoms with Crippen molar-refractivity contribution in [1.82, 2.24) is 15.1 Å². The fourth-order valence-corrected chi connectivity index (χ4v) is 2.21. The molecule has 0 saturated heterocycles. The van der Waals surface area contributed by atoms with Gasteiger partial charge in [-0.1, -0.05) is 30.3 Å². The smallest absolute Gasteiger partial charge is 0.0537 e. The van der Waals surface area contributed by atoms with Gasteiger partial charge in [-0.15, -0.1) is 0 Å². The van der Waals surface area contributed by atoms with Crippen molar-refractivity contribution in [2.75, 3.05) is 0 Å². The Labute approximate surface area is 109 Å². The molecule has 3 heteroatoms. The maximum absolute atomic E-state index is 4.21. The van der Waals surface area contributed by atoms with Gasteiger partial charge in [0.05, 0.1) is 6.20 Å². The van der Waals surface area contributed by atoms with Gasteiger partial charge in [0.25, 0.3) is 0 Å². The van der Waals surface area contributed by atoms with Gasteiger partial charge in [-0.3, -0.25) is 4.68 Å². The van der Waals surface area contributed by atoms with Crippen molar-refractivity contribution >= 4 is 0 Å². The molecule has 0 bridgehead atoms. The minimum atomic E-state index is 0.331. The number of benzene rings is 1. The molecule has 0 aliphatic rings. The van der Waals surface area contributed by atoms with E-state index in [1.807, 2.05) is 17.9 Å². The van der Waals surface area contributed by atoms with Crippen LogP contribution in [0.15, 0.2) is 42.7 Å². The minimum Gasteiger partial charge on any atom is -0.307 e. The summed E-state index contributed by atoms with van der Waals surface area (Å²) in [6, 6.07) is 11.4. The lowest BCUT2D eigenvalue weighted by Crippen LogP contribution is -2.30. The summed E-state index contributed by atoms with van der Waals surface area (Å²) in [5.41, 5.74) is 2.60. The van der Waals surface area contributed by atoms with Crippen LogP contribution in [0.5, 0.6) is 0 Å². The molecule has 0 spiro atoms. The summed E-state index contributed by atoms with van der Waals surface area (Å²) in [5, 5.41) is 7.81. The maximum Gasteiger partial charge on any atom is 0.0537 e. The molecule has 2 atom stereocenters. The second kappa shape index (κ2) is 5.83. The van der Waals surface area contributed by atoms with E-state index in [4.69, 9.17) is 0 Å². The van der Waals surface area contributed by atoms with Gasteiger partial charge >= 0.3 is 0 Å². The fourth-order valence-electron chi connectivity index (χ4n) is 2.21. The molecule has 18 heavy (non-hydrogen) atoms. The third kappa shape index (κ3) is 3.44. The van der Waals surface area contributed by atoms with Gasteiger partial charge in [0, 0.05) is 30.9 Å². The number of rotatable bonds is 5. The molecule has 2 aromatic rings. The lowest BCUT2D eigenvalue weighted by atomic mass is 10.1. The number of hydrogen-bond donors (Lipinski definition) is 1. The molecule has 0 aliphatic carbocycles. The van der Waals surface area contributed by atoms with Gasteiger partial charge in [-0.2, -0.15) is 5.10 Å². The Hall–Kier alpha value is -1.61. The number of aromatic nitrogens is 2. The second-order valence-corrected chi connectivity index (χ2v) is 4.93. The van der Waals surface area contributed by atoms with Crippen LogP contribution in [0.3, 0.4) is 0 Å². The van der Waals surface area contributed by atoms with E-state index in [9.17, 15) is 0 Å². The lowest BCUT2D eigenvalue weighted by molar-refractivity contribution is 0.477. The molecule has 1 heterocycles. The largest absolute Gasteiger partial charge is 0.307 e. The molecule has 2 rings (SSSR count). The first-order valence-corrected chi connectivity index (χ1v) is 6.43. The van der Waals surface area contributed by atoms with Crippen LogP contribution >= 0.6 is 0 Å². The van der Waals surface area contributed by atoms with Crippen LogP contribution in [0, 0.1) is 0 Å². The highest BCUT2D eigenvalue weighted by atomic mass is 15.2. The first-order valence-electron chi connectivity index (χ1n) is 6.43. The molecule has 1 aromatic heterocycles. The van der Waals surface area contributed by atoms with Crippen molar-refractivity contribution in [2.45, 2.75) is 32.4 Å². The third-order valence-corrected chi connectivity index (χ3v) is 3.14. The van der Waals surface area contributed by atoms with Gasteiger partial charge in [0.15, 0.2) is 0 Å². The molecular weight excluding hydrogens is 222 g/mol. The van der Waals surface area contributed by atoms with E-state index in [-0.39, 0.29) is 0 Å². The number of hydrogen-bond acceptors (Lipinski definition) is 2. The minimum absolute atomic E-state index is 0.331. The fraction of sp³-hybridized carbons (Fsp3) is 0.400. The molecule has 0 amide bonds. The van der Waals surface area contributed by atoms with E-state index < -0.39 is 0 Å². The van der Waals surface area contributed by atoms with Crippen molar-refractivity contribution in [1.29, 1.82) is 0 Å². The zero-order valence-corrected chi connectivity index (χ0v) is 11.3. The van der Waals surface area contributed by atoms with Crippen molar-refractivity contribution in [2.24, 2.45) is 7.05 Å². The molecular formula is C15H21N3. The van der Waals surface area contributed by atoms with Gasteiger partial charge < -0.3 is 5.32 Å². The molecule has 0 fully saturated rings. The summed E-state index contributed by atoms with van der Waals surface area (Å²) in [5.74, 6) is 0. The average Bonchev–Trinajstić information content (AvgIpc) is 2.77. The third-order valence-electron chi connectivity index (χ3n) is 3.14. The van der Waals surface area contributed by atoms with E-state index in [0.29, 0.717) is 12.1 Å². The highest BCUT2D eigenvalue weighted by Gasteiger charge is 2.11. The Morgan fingerprint density at radius 3 is 2.56 bits per heavy atom. The number of aryl methyl sites for hydroxylation is 1. The monoisotopic (exact) mass is 243 g/mol. The Morgan fingerprint density at radius 1 is 1.22 bits per heavy atom. The summed E-state index contributed by atoms with van der Waals surface area (Å²) >= 11 is 0. The summed E-state index contributed by atoms with van der Waals surface area (Å²) in [4.78, 5) is 0. The number of nitrogens with zero attached hydrogens (tertiary/aromatic N) is 2. The molecule has 0 aliphatic heterocycles. The average molecular weight is 243 g/mol. The van der Waals surface area contributed by atoms with Gasteiger partial charge in [0.1, 0.15) is 0 Å². The maximum atomic E-state index is 4.21. The van der Waals surface area contributed by atoms with Crippen LogP contribution < -0.4 is 5.32 Å². The standard InChI is InChI=1S/C15H21N3/c1-12(9-14-7-5-4-6-8-14)17-13(2)15-10-16-18(3)11-15/h4-8,10-13,17H,9H2,1-3H3. The number of nitrogens with one attached hydrogen (secondary N) is 1. The predicted molar refractivity (Wildman–Crippen MR) is 74.4 cm³/mol. The topological polar surface area (TPSA) is 29.9 Å². The van der Waals surface area contributed by atoms with E-state index in [1.165, 1.54) is 11.1 Å². The van der Waals surface area contributed by atoms with Crippen LogP contribution in [0.4, 0.5) is 0 Å². The van der Waals surface area contributed by atoms with Gasteiger partial charge in [-0.05, 0) is 25.8 Å². The Bertz CT molecular complexity index is 475. The van der Waals surface area contributed by atoms with Crippen molar-refractivity contribution in [3.63, 3.8) is 0 Å². The van der Waals surface area contributed by atoms with Crippen LogP contribution in [0.25, 0.3) is 0 Å². The SMILES string of the molecule is CC(Cc1ccccc1)NC(C)c1cnn(C)c1. The van der Waals surface area contributed by atoms with E-state index >= 15 is 0 Å². The van der Waals surface area contributed by atoms with E-state index in [1.54, 1.807) is 0 Å². The summed E-state index contributed by atoms with van der Waals surface area (Å²) in [6.07, 6.45) is 5.03.